The molecule has 19 heavy (non-hydrogen) atoms. The van der Waals surface area contributed by atoms with Crippen LogP contribution >= 0.6 is 11.8 Å². The standard InChI is InChI=1S/C12H15N3O3S/c1-8-2-4-9(5-3-8)14-10(16)6-19-7-11(17)15-12(13)18/h2-5H,6-7H2,1H3,(H,14,16)(H3,13,15,17,18). The van der Waals surface area contributed by atoms with Gasteiger partial charge in [-0.3, -0.25) is 14.9 Å². The van der Waals surface area contributed by atoms with E-state index >= 15 is 0 Å². The lowest BCUT2D eigenvalue weighted by Gasteiger charge is -2.05. The summed E-state index contributed by atoms with van der Waals surface area (Å²) in [5.41, 5.74) is 6.59. The van der Waals surface area contributed by atoms with Gasteiger partial charge in [0, 0.05) is 5.69 Å². The molecule has 0 aliphatic carbocycles. The molecule has 0 unspecified atom stereocenters. The number of rotatable bonds is 5. The Labute approximate surface area is 115 Å². The number of anilines is 1. The Hall–Kier alpha value is -2.02. The maximum atomic E-state index is 11.5. The number of nitrogens with one attached hydrogen (secondary N) is 2. The summed E-state index contributed by atoms with van der Waals surface area (Å²) >= 11 is 1.10. The number of amides is 4. The zero-order valence-electron chi connectivity index (χ0n) is 10.4. The number of nitrogens with two attached hydrogens (primary N) is 1. The first-order valence-corrected chi connectivity index (χ1v) is 6.66. The third-order valence-corrected chi connectivity index (χ3v) is 3.00. The second kappa shape index (κ2) is 7.42. The van der Waals surface area contributed by atoms with Gasteiger partial charge in [0.25, 0.3) is 0 Å². The van der Waals surface area contributed by atoms with E-state index in [4.69, 9.17) is 5.73 Å². The minimum atomic E-state index is -0.894. The number of carbonyl (C=O) groups is 3. The van der Waals surface area contributed by atoms with E-state index in [1.54, 1.807) is 12.1 Å². The Kier molecular flexibility index (Phi) is 5.87. The van der Waals surface area contributed by atoms with Gasteiger partial charge in [-0.05, 0) is 19.1 Å². The van der Waals surface area contributed by atoms with Crippen molar-refractivity contribution >= 4 is 35.3 Å². The average molecular weight is 281 g/mol. The second-order valence-corrected chi connectivity index (χ2v) is 4.81. The summed E-state index contributed by atoms with van der Waals surface area (Å²) in [6, 6.07) is 6.50. The third kappa shape index (κ3) is 6.46. The summed E-state index contributed by atoms with van der Waals surface area (Å²) in [5.74, 6) is -0.592. The van der Waals surface area contributed by atoms with E-state index in [1.165, 1.54) is 0 Å². The van der Waals surface area contributed by atoms with Crippen LogP contribution in [0.5, 0.6) is 0 Å². The maximum Gasteiger partial charge on any atom is 0.318 e. The molecule has 7 heteroatoms. The Morgan fingerprint density at radius 2 is 1.68 bits per heavy atom. The Morgan fingerprint density at radius 3 is 2.26 bits per heavy atom. The zero-order valence-corrected chi connectivity index (χ0v) is 11.3. The van der Waals surface area contributed by atoms with E-state index in [0.29, 0.717) is 5.69 Å². The van der Waals surface area contributed by atoms with Crippen LogP contribution in [0.15, 0.2) is 24.3 Å². The first-order chi connectivity index (χ1) is 8.97. The van der Waals surface area contributed by atoms with Gasteiger partial charge >= 0.3 is 6.03 Å². The number of benzene rings is 1. The molecule has 1 aromatic rings. The van der Waals surface area contributed by atoms with Gasteiger partial charge in [0.1, 0.15) is 0 Å². The number of urea groups is 1. The summed E-state index contributed by atoms with van der Waals surface area (Å²) in [4.78, 5) is 33.0. The molecule has 0 radical (unpaired) electrons. The summed E-state index contributed by atoms with van der Waals surface area (Å²) in [6.07, 6.45) is 0. The molecular formula is C12H15N3O3S. The van der Waals surface area contributed by atoms with Gasteiger partial charge in [-0.15, -0.1) is 11.8 Å². The van der Waals surface area contributed by atoms with Gasteiger partial charge in [0.15, 0.2) is 0 Å². The second-order valence-electron chi connectivity index (χ2n) is 3.82. The molecule has 6 nitrogen and oxygen atoms in total. The van der Waals surface area contributed by atoms with Crippen molar-refractivity contribution < 1.29 is 14.4 Å². The fraction of sp³-hybridized carbons (Fsp3) is 0.250. The molecule has 0 atom stereocenters. The van der Waals surface area contributed by atoms with Crippen LogP contribution in [0.25, 0.3) is 0 Å². The van der Waals surface area contributed by atoms with E-state index < -0.39 is 11.9 Å². The average Bonchev–Trinajstić information content (AvgIpc) is 2.31. The largest absolute Gasteiger partial charge is 0.351 e. The molecule has 0 heterocycles. The van der Waals surface area contributed by atoms with E-state index in [1.807, 2.05) is 24.4 Å². The molecule has 0 aliphatic heterocycles. The molecule has 0 fully saturated rings. The summed E-state index contributed by atoms with van der Waals surface area (Å²) in [6.45, 7) is 1.96. The van der Waals surface area contributed by atoms with Gasteiger partial charge in [-0.1, -0.05) is 17.7 Å². The summed E-state index contributed by atoms with van der Waals surface area (Å²) in [5, 5.41) is 4.62. The van der Waals surface area contributed by atoms with Crippen molar-refractivity contribution in [3.05, 3.63) is 29.8 Å². The summed E-state index contributed by atoms with van der Waals surface area (Å²) < 4.78 is 0. The minimum Gasteiger partial charge on any atom is -0.351 e. The minimum absolute atomic E-state index is 0.00422. The predicted octanol–water partition coefficient (Wildman–Crippen LogP) is 0.862. The zero-order chi connectivity index (χ0) is 14.3. The monoisotopic (exact) mass is 281 g/mol. The van der Waals surface area contributed by atoms with Crippen LogP contribution in [0.2, 0.25) is 0 Å². The van der Waals surface area contributed by atoms with Crippen LogP contribution in [0.3, 0.4) is 0 Å². The number of thioether (sulfide) groups is 1. The smallest absolute Gasteiger partial charge is 0.318 e. The fourth-order valence-corrected chi connectivity index (χ4v) is 1.86. The lowest BCUT2D eigenvalue weighted by atomic mass is 10.2. The highest BCUT2D eigenvalue weighted by Gasteiger charge is 2.07. The molecule has 0 bridgehead atoms. The maximum absolute atomic E-state index is 11.5. The van der Waals surface area contributed by atoms with E-state index in [-0.39, 0.29) is 17.4 Å². The molecule has 4 amide bonds. The number of primary amides is 1. The first-order valence-electron chi connectivity index (χ1n) is 5.51. The summed E-state index contributed by atoms with van der Waals surface area (Å²) in [7, 11) is 0. The molecule has 1 aromatic carbocycles. The van der Waals surface area contributed by atoms with Crippen molar-refractivity contribution in [2.75, 3.05) is 16.8 Å². The van der Waals surface area contributed by atoms with Gasteiger partial charge in [0.05, 0.1) is 11.5 Å². The van der Waals surface area contributed by atoms with Crippen molar-refractivity contribution in [3.8, 4) is 0 Å². The molecule has 0 saturated heterocycles. The Bertz CT molecular complexity index is 474. The number of imide groups is 1. The van der Waals surface area contributed by atoms with Crippen molar-refractivity contribution in [1.82, 2.24) is 5.32 Å². The van der Waals surface area contributed by atoms with Crippen molar-refractivity contribution in [1.29, 1.82) is 0 Å². The van der Waals surface area contributed by atoms with Crippen LogP contribution in [-0.2, 0) is 9.59 Å². The van der Waals surface area contributed by atoms with Crippen molar-refractivity contribution in [2.24, 2.45) is 5.73 Å². The van der Waals surface area contributed by atoms with Crippen LogP contribution in [0.1, 0.15) is 5.56 Å². The predicted molar refractivity (Wildman–Crippen MR) is 74.9 cm³/mol. The molecule has 1 rings (SSSR count). The number of hydrogen-bond acceptors (Lipinski definition) is 4. The van der Waals surface area contributed by atoms with Crippen LogP contribution in [0, 0.1) is 6.92 Å². The number of aryl methyl sites for hydroxylation is 1. The topological polar surface area (TPSA) is 101 Å². The molecular weight excluding hydrogens is 266 g/mol. The highest BCUT2D eigenvalue weighted by molar-refractivity contribution is 8.00. The van der Waals surface area contributed by atoms with Crippen LogP contribution in [0.4, 0.5) is 10.5 Å². The van der Waals surface area contributed by atoms with Crippen molar-refractivity contribution in [2.45, 2.75) is 6.92 Å². The third-order valence-electron chi connectivity index (χ3n) is 2.06. The van der Waals surface area contributed by atoms with Gasteiger partial charge in [0.2, 0.25) is 11.8 Å². The number of carbonyl (C=O) groups excluding carboxylic acids is 3. The quantitative estimate of drug-likeness (QED) is 0.745. The van der Waals surface area contributed by atoms with E-state index in [0.717, 1.165) is 17.3 Å². The van der Waals surface area contributed by atoms with Crippen molar-refractivity contribution in [3.63, 3.8) is 0 Å². The first kappa shape index (κ1) is 15.0. The van der Waals surface area contributed by atoms with Gasteiger partial charge in [-0.25, -0.2) is 4.79 Å². The van der Waals surface area contributed by atoms with E-state index in [2.05, 4.69) is 5.32 Å². The van der Waals surface area contributed by atoms with Crippen LogP contribution in [-0.4, -0.2) is 29.4 Å². The van der Waals surface area contributed by atoms with E-state index in [9.17, 15) is 14.4 Å². The Morgan fingerprint density at radius 1 is 1.11 bits per heavy atom. The highest BCUT2D eigenvalue weighted by atomic mass is 32.2. The lowest BCUT2D eigenvalue weighted by Crippen LogP contribution is -2.36. The SMILES string of the molecule is Cc1ccc(NC(=O)CSCC(=O)NC(N)=O)cc1. The number of hydrogen-bond donors (Lipinski definition) is 3. The molecule has 0 spiro atoms. The molecule has 0 saturated carbocycles. The van der Waals surface area contributed by atoms with Gasteiger partial charge in [-0.2, -0.15) is 0 Å². The Balaban J connectivity index is 2.26. The molecule has 0 aliphatic rings. The molecule has 0 aromatic heterocycles. The van der Waals surface area contributed by atoms with Gasteiger partial charge < -0.3 is 11.1 Å². The highest BCUT2D eigenvalue weighted by Crippen LogP contribution is 2.09. The van der Waals surface area contributed by atoms with Crippen LogP contribution < -0.4 is 16.4 Å². The lowest BCUT2D eigenvalue weighted by molar-refractivity contribution is -0.117. The normalized spacial score (nSPS) is 9.74. The fourth-order valence-electron chi connectivity index (χ4n) is 1.24. The molecule has 4 N–H and O–H groups in total. The molecule has 102 valence electrons.